The number of halogens is 3. The van der Waals surface area contributed by atoms with Crippen LogP contribution in [0, 0.1) is 0 Å². The highest BCUT2D eigenvalue weighted by Gasteiger charge is 2.30. The first kappa shape index (κ1) is 25.7. The summed E-state index contributed by atoms with van der Waals surface area (Å²) in [5, 5.41) is 5.70. The van der Waals surface area contributed by atoms with Crippen molar-refractivity contribution in [2.75, 3.05) is 18.1 Å². The van der Waals surface area contributed by atoms with Crippen molar-refractivity contribution in [3.63, 3.8) is 0 Å². The van der Waals surface area contributed by atoms with E-state index in [1.165, 1.54) is 24.3 Å². The van der Waals surface area contributed by atoms with Gasteiger partial charge in [-0.3, -0.25) is 0 Å². The molecule has 3 aromatic heterocycles. The Balaban J connectivity index is 0.00000187. The largest absolute Gasteiger partial charge is 0.403 e. The molecule has 3 rings (SSSR count). The number of aromatic nitrogens is 3. The van der Waals surface area contributed by atoms with Crippen molar-refractivity contribution in [1.82, 2.24) is 20.0 Å². The monoisotopic (exact) mass is 462 g/mol. The highest BCUT2D eigenvalue weighted by molar-refractivity contribution is 5.93. The summed E-state index contributed by atoms with van der Waals surface area (Å²) < 4.78 is 38.1. The van der Waals surface area contributed by atoms with Crippen LogP contribution in [-0.2, 0) is 0 Å². The van der Waals surface area contributed by atoms with E-state index in [4.69, 9.17) is 17.3 Å². The number of nitrogens with one attached hydrogen (secondary N) is 1. The molecule has 33 heavy (non-hydrogen) atoms. The number of hydrogen-bond donors (Lipinski definition) is 4. The Morgan fingerprint density at radius 1 is 1.18 bits per heavy atom. The minimum atomic E-state index is -4.24. The topological polar surface area (TPSA) is 132 Å². The number of rotatable bonds is 6. The van der Waals surface area contributed by atoms with Crippen molar-refractivity contribution in [1.29, 1.82) is 0 Å². The number of pyridine rings is 3. The number of fused-ring (bicyclic) bond motifs is 1. The molecule has 1 unspecified atom stereocenters. The number of hydrogen-bond acceptors (Lipinski definition) is 8. The number of nitrogens with two attached hydrogens (primary N) is 3. The normalized spacial score (nSPS) is 12.7. The summed E-state index contributed by atoms with van der Waals surface area (Å²) >= 11 is 0. The lowest BCUT2D eigenvalue weighted by Gasteiger charge is -2.17. The van der Waals surface area contributed by atoms with E-state index in [9.17, 15) is 13.2 Å². The zero-order valence-corrected chi connectivity index (χ0v) is 19.0. The van der Waals surface area contributed by atoms with Crippen LogP contribution >= 0.6 is 0 Å². The molecule has 178 valence electrons. The fourth-order valence-electron chi connectivity index (χ4n) is 3.18. The Morgan fingerprint density at radius 2 is 1.85 bits per heavy atom. The Morgan fingerprint density at radius 3 is 2.45 bits per heavy atom. The summed E-state index contributed by atoms with van der Waals surface area (Å²) in [5.74, 6) is 6.16. The quantitative estimate of drug-likeness (QED) is 0.311. The van der Waals surface area contributed by atoms with Gasteiger partial charge in [0.15, 0.2) is 0 Å². The fourth-order valence-corrected chi connectivity index (χ4v) is 3.18. The molecule has 0 saturated heterocycles. The molecule has 3 heterocycles. The Hall–Kier alpha value is -3.60. The predicted octanol–water partition coefficient (Wildman–Crippen LogP) is 4.50. The van der Waals surface area contributed by atoms with Gasteiger partial charge in [0.1, 0.15) is 17.5 Å². The summed E-state index contributed by atoms with van der Waals surface area (Å²) in [6, 6.07) is 6.64. The molecule has 1 atom stereocenters. The van der Waals surface area contributed by atoms with Crippen molar-refractivity contribution < 1.29 is 13.2 Å². The van der Waals surface area contributed by atoms with Crippen LogP contribution in [0.15, 0.2) is 42.9 Å². The molecule has 0 bridgehead atoms. The predicted molar refractivity (Wildman–Crippen MR) is 126 cm³/mol. The standard InChI is InChI=1S/C20H23F3N8.C2H6/c1-11(8-20(21,22)23)12-3-4-27-17(6-12)30-18-7-13-5-15(16(9-24)31(2)26)29-19(25)14(13)10-28-18;1-2/h3-7,9-11H,8,24,26H2,1-2H3,(H2,25,29)(H,27,28,30);1-2H3/b16-9-;. The summed E-state index contributed by atoms with van der Waals surface area (Å²) in [4.78, 5) is 12.8. The van der Waals surface area contributed by atoms with Crippen molar-refractivity contribution in [3.8, 4) is 0 Å². The molecule has 3 aromatic rings. The van der Waals surface area contributed by atoms with Gasteiger partial charge in [-0.05, 0) is 41.1 Å². The van der Waals surface area contributed by atoms with Gasteiger partial charge >= 0.3 is 6.18 Å². The lowest BCUT2D eigenvalue weighted by molar-refractivity contribution is -0.137. The Kier molecular flexibility index (Phi) is 8.41. The molecular weight excluding hydrogens is 433 g/mol. The molecule has 8 nitrogen and oxygen atoms in total. The van der Waals surface area contributed by atoms with Gasteiger partial charge in [-0.25, -0.2) is 20.8 Å². The number of anilines is 3. The number of alkyl halides is 3. The number of hydrazine groups is 1. The second kappa shape index (κ2) is 10.8. The van der Waals surface area contributed by atoms with Gasteiger partial charge in [-0.1, -0.05) is 20.8 Å². The summed E-state index contributed by atoms with van der Waals surface area (Å²) in [6.45, 7) is 5.52. The molecule has 0 amide bonds. The Labute approximate surface area is 190 Å². The van der Waals surface area contributed by atoms with Gasteiger partial charge in [-0.15, -0.1) is 0 Å². The van der Waals surface area contributed by atoms with E-state index in [1.54, 1.807) is 37.5 Å². The molecule has 0 fully saturated rings. The van der Waals surface area contributed by atoms with Gasteiger partial charge in [-0.2, -0.15) is 13.2 Å². The second-order valence-electron chi connectivity index (χ2n) is 7.17. The van der Waals surface area contributed by atoms with Crippen LogP contribution < -0.4 is 22.6 Å². The maximum Gasteiger partial charge on any atom is 0.389 e. The molecule has 7 N–H and O–H groups in total. The second-order valence-corrected chi connectivity index (χ2v) is 7.17. The molecule has 0 aliphatic rings. The van der Waals surface area contributed by atoms with Crippen LogP contribution in [0.1, 0.15) is 44.4 Å². The highest BCUT2D eigenvalue weighted by atomic mass is 19.4. The minimum Gasteiger partial charge on any atom is -0.403 e. The smallest absolute Gasteiger partial charge is 0.389 e. The van der Waals surface area contributed by atoms with Gasteiger partial charge in [0, 0.05) is 31.0 Å². The average Bonchev–Trinajstić information content (AvgIpc) is 2.74. The van der Waals surface area contributed by atoms with Gasteiger partial charge < -0.3 is 21.8 Å². The van der Waals surface area contributed by atoms with Crippen molar-refractivity contribution in [2.45, 2.75) is 39.3 Å². The molecule has 0 aromatic carbocycles. The average molecular weight is 463 g/mol. The van der Waals surface area contributed by atoms with E-state index in [0.29, 0.717) is 34.0 Å². The molecule has 0 aliphatic carbocycles. The van der Waals surface area contributed by atoms with Crippen LogP contribution in [0.25, 0.3) is 16.5 Å². The molecule has 0 saturated carbocycles. The van der Waals surface area contributed by atoms with E-state index >= 15 is 0 Å². The van der Waals surface area contributed by atoms with Crippen molar-refractivity contribution in [3.05, 3.63) is 54.1 Å². The lowest BCUT2D eigenvalue weighted by atomic mass is 9.98. The first-order valence-corrected chi connectivity index (χ1v) is 10.3. The SMILES string of the molecule is CC.CC(CC(F)(F)F)c1ccnc(Nc2cc3cc(/C(=C/N)N(C)N)nc(N)c3cn2)c1. The molecular formula is C22H29F3N8. The first-order valence-electron chi connectivity index (χ1n) is 10.3. The van der Waals surface area contributed by atoms with E-state index in [-0.39, 0.29) is 5.82 Å². The maximum absolute atomic E-state index is 12.7. The van der Waals surface area contributed by atoms with Crippen molar-refractivity contribution in [2.24, 2.45) is 11.6 Å². The van der Waals surface area contributed by atoms with Crippen LogP contribution in [0.3, 0.4) is 0 Å². The summed E-state index contributed by atoms with van der Waals surface area (Å²) in [7, 11) is 1.62. The van der Waals surface area contributed by atoms with Crippen LogP contribution in [0.5, 0.6) is 0 Å². The van der Waals surface area contributed by atoms with E-state index < -0.39 is 18.5 Å². The third-order valence-corrected chi connectivity index (χ3v) is 4.69. The fraction of sp³-hybridized carbons (Fsp3) is 0.318. The minimum absolute atomic E-state index is 0.258. The van der Waals surface area contributed by atoms with Crippen molar-refractivity contribution >= 4 is 33.9 Å². The van der Waals surface area contributed by atoms with Crippen LogP contribution in [0.2, 0.25) is 0 Å². The van der Waals surface area contributed by atoms with Crippen LogP contribution in [-0.4, -0.2) is 33.2 Å². The van der Waals surface area contributed by atoms with E-state index in [2.05, 4.69) is 20.3 Å². The van der Waals surface area contributed by atoms with E-state index in [0.717, 1.165) is 5.39 Å². The molecule has 0 spiro atoms. The Bertz CT molecular complexity index is 1110. The lowest BCUT2D eigenvalue weighted by Crippen LogP contribution is -2.25. The summed E-state index contributed by atoms with van der Waals surface area (Å²) in [6.07, 6.45) is -0.813. The zero-order valence-electron chi connectivity index (χ0n) is 19.0. The first-order chi connectivity index (χ1) is 15.6. The molecule has 11 heteroatoms. The summed E-state index contributed by atoms with van der Waals surface area (Å²) in [5.41, 5.74) is 13.2. The molecule has 0 aliphatic heterocycles. The molecule has 0 radical (unpaired) electrons. The third-order valence-electron chi connectivity index (χ3n) is 4.69. The maximum atomic E-state index is 12.7. The van der Waals surface area contributed by atoms with Gasteiger partial charge in [0.25, 0.3) is 0 Å². The number of nitrogen functional groups attached to an aromatic ring is 1. The van der Waals surface area contributed by atoms with Gasteiger partial charge in [0.2, 0.25) is 0 Å². The van der Waals surface area contributed by atoms with Gasteiger partial charge in [0.05, 0.1) is 17.8 Å². The van der Waals surface area contributed by atoms with E-state index in [1.807, 2.05) is 13.8 Å². The van der Waals surface area contributed by atoms with Crippen LogP contribution in [0.4, 0.5) is 30.6 Å². The zero-order chi connectivity index (χ0) is 24.8. The third kappa shape index (κ3) is 6.69. The number of nitrogens with zero attached hydrogens (tertiary/aromatic N) is 4. The highest BCUT2D eigenvalue weighted by Crippen LogP contribution is 2.32.